The first-order valence-electron chi connectivity index (χ1n) is 7.25. The number of aromatic hydroxyl groups is 1. The molecule has 4 heteroatoms. The number of carbonyl (C=O) groups excluding carboxylic acids is 1. The fourth-order valence-electron chi connectivity index (χ4n) is 2.83. The minimum Gasteiger partial charge on any atom is -0.508 e. The first kappa shape index (κ1) is 15.2. The van der Waals surface area contributed by atoms with Gasteiger partial charge in [-0.1, -0.05) is 19.1 Å². The zero-order valence-corrected chi connectivity index (χ0v) is 13.0. The molecular formula is C16H23NO2S. The van der Waals surface area contributed by atoms with Crippen LogP contribution in [0.15, 0.2) is 24.3 Å². The molecule has 20 heavy (non-hydrogen) atoms. The summed E-state index contributed by atoms with van der Waals surface area (Å²) in [4.78, 5) is 14.2. The lowest BCUT2D eigenvalue weighted by atomic mass is 10.1. The van der Waals surface area contributed by atoms with Gasteiger partial charge in [-0.25, -0.2) is 0 Å². The maximum Gasteiger partial charge on any atom is 0.226 e. The lowest BCUT2D eigenvalue weighted by molar-refractivity contribution is -0.131. The molecular weight excluding hydrogens is 270 g/mol. The smallest absolute Gasteiger partial charge is 0.226 e. The van der Waals surface area contributed by atoms with Crippen LogP contribution >= 0.6 is 11.8 Å². The van der Waals surface area contributed by atoms with Crippen molar-refractivity contribution in [1.29, 1.82) is 0 Å². The molecule has 1 aromatic carbocycles. The molecule has 0 saturated heterocycles. The fraction of sp³-hybridized carbons (Fsp3) is 0.562. The van der Waals surface area contributed by atoms with E-state index < -0.39 is 0 Å². The molecule has 0 unspecified atom stereocenters. The summed E-state index contributed by atoms with van der Waals surface area (Å²) in [5.41, 5.74) is 0.874. The highest BCUT2D eigenvalue weighted by molar-refractivity contribution is 7.99. The Morgan fingerprint density at radius 2 is 2.25 bits per heavy atom. The summed E-state index contributed by atoms with van der Waals surface area (Å²) in [6.45, 7) is 2.19. The third kappa shape index (κ3) is 3.92. The molecule has 1 fully saturated rings. The van der Waals surface area contributed by atoms with Crippen molar-refractivity contribution in [1.82, 2.24) is 4.90 Å². The molecule has 1 aliphatic carbocycles. The molecule has 2 rings (SSSR count). The van der Waals surface area contributed by atoms with Gasteiger partial charge in [0.2, 0.25) is 5.91 Å². The first-order chi connectivity index (χ1) is 9.60. The number of carbonyl (C=O) groups is 1. The number of phenols is 1. The van der Waals surface area contributed by atoms with Crippen molar-refractivity contribution < 1.29 is 9.90 Å². The summed E-state index contributed by atoms with van der Waals surface area (Å²) in [6, 6.07) is 7.33. The topological polar surface area (TPSA) is 40.5 Å². The Labute approximate surface area is 125 Å². The third-order valence-corrected chi connectivity index (χ3v) is 5.20. The summed E-state index contributed by atoms with van der Waals surface area (Å²) in [5, 5.41) is 10.2. The number of phenolic OH excluding ortho intramolecular Hbond substituents is 1. The maximum absolute atomic E-state index is 12.3. The summed E-state index contributed by atoms with van der Waals surface area (Å²) in [7, 11) is 1.91. The van der Waals surface area contributed by atoms with Crippen LogP contribution in [0.1, 0.15) is 31.7 Å². The average Bonchev–Trinajstić information content (AvgIpc) is 2.87. The third-order valence-electron chi connectivity index (χ3n) is 3.97. The van der Waals surface area contributed by atoms with Gasteiger partial charge in [0, 0.05) is 18.3 Å². The van der Waals surface area contributed by atoms with Crippen molar-refractivity contribution in [2.45, 2.75) is 43.9 Å². The summed E-state index contributed by atoms with van der Waals surface area (Å²) in [6.07, 6.45) is 3.81. The minimum absolute atomic E-state index is 0.141. The molecule has 1 aliphatic rings. The van der Waals surface area contributed by atoms with Gasteiger partial charge >= 0.3 is 0 Å². The Balaban J connectivity index is 1.89. The van der Waals surface area contributed by atoms with Crippen LogP contribution in [0.5, 0.6) is 5.75 Å². The number of amides is 1. The molecule has 0 aromatic heterocycles. The Kier molecular flexibility index (Phi) is 5.35. The standard InChI is InChI=1S/C16H23NO2S/c1-3-20-15-8-7-13(11-15)17(2)16(19)10-12-5-4-6-14(18)9-12/h4-6,9,13,15,18H,3,7-8,10-11H2,1-2H3/t13-,15+/m0/s1. The van der Waals surface area contributed by atoms with Gasteiger partial charge in [-0.05, 0) is 42.7 Å². The van der Waals surface area contributed by atoms with Crippen LogP contribution in [0, 0.1) is 0 Å². The average molecular weight is 293 g/mol. The number of benzene rings is 1. The molecule has 2 atom stereocenters. The number of nitrogens with zero attached hydrogens (tertiary/aromatic N) is 1. The summed E-state index contributed by atoms with van der Waals surface area (Å²) >= 11 is 2.01. The van der Waals surface area contributed by atoms with Crippen molar-refractivity contribution in [3.05, 3.63) is 29.8 Å². The second-order valence-corrected chi connectivity index (χ2v) is 6.97. The van der Waals surface area contributed by atoms with Gasteiger partial charge < -0.3 is 10.0 Å². The number of hydrogen-bond acceptors (Lipinski definition) is 3. The van der Waals surface area contributed by atoms with Crippen LogP contribution in [-0.2, 0) is 11.2 Å². The van der Waals surface area contributed by atoms with Crippen LogP contribution < -0.4 is 0 Å². The zero-order valence-electron chi connectivity index (χ0n) is 12.2. The second kappa shape index (κ2) is 7.02. The van der Waals surface area contributed by atoms with Crippen LogP contribution in [0.2, 0.25) is 0 Å². The van der Waals surface area contributed by atoms with E-state index in [-0.39, 0.29) is 11.7 Å². The van der Waals surface area contributed by atoms with Crippen molar-refractivity contribution in [3.8, 4) is 5.75 Å². The summed E-state index contributed by atoms with van der Waals surface area (Å²) in [5.74, 6) is 1.51. The number of hydrogen-bond donors (Lipinski definition) is 1. The molecule has 0 spiro atoms. The van der Waals surface area contributed by atoms with Crippen molar-refractivity contribution in [3.63, 3.8) is 0 Å². The molecule has 0 bridgehead atoms. The predicted octanol–water partition coefficient (Wildman–Crippen LogP) is 3.07. The van der Waals surface area contributed by atoms with Crippen LogP contribution in [0.3, 0.4) is 0 Å². The van der Waals surface area contributed by atoms with E-state index in [2.05, 4.69) is 6.92 Å². The number of rotatable bonds is 5. The highest BCUT2D eigenvalue weighted by Gasteiger charge is 2.29. The van der Waals surface area contributed by atoms with E-state index in [9.17, 15) is 9.90 Å². The van der Waals surface area contributed by atoms with Crippen LogP contribution in [0.4, 0.5) is 0 Å². The van der Waals surface area contributed by atoms with E-state index in [4.69, 9.17) is 0 Å². The summed E-state index contributed by atoms with van der Waals surface area (Å²) < 4.78 is 0. The fourth-order valence-corrected chi connectivity index (χ4v) is 3.96. The van der Waals surface area contributed by atoms with Gasteiger partial charge in [0.15, 0.2) is 0 Å². The van der Waals surface area contributed by atoms with Gasteiger partial charge in [-0.15, -0.1) is 0 Å². The highest BCUT2D eigenvalue weighted by atomic mass is 32.2. The largest absolute Gasteiger partial charge is 0.508 e. The monoisotopic (exact) mass is 293 g/mol. The number of thioether (sulfide) groups is 1. The SMILES string of the molecule is CCS[C@@H]1CC[C@H](N(C)C(=O)Cc2cccc(O)c2)C1. The van der Waals surface area contributed by atoms with Gasteiger partial charge in [-0.3, -0.25) is 4.79 Å². The van der Waals surface area contributed by atoms with E-state index in [1.54, 1.807) is 18.2 Å². The van der Waals surface area contributed by atoms with Crippen molar-refractivity contribution >= 4 is 17.7 Å². The zero-order chi connectivity index (χ0) is 14.5. The molecule has 110 valence electrons. The van der Waals surface area contributed by atoms with Gasteiger partial charge in [0.25, 0.3) is 0 Å². The van der Waals surface area contributed by atoms with Gasteiger partial charge in [0.05, 0.1) is 6.42 Å². The normalized spacial score (nSPS) is 21.9. The second-order valence-electron chi connectivity index (χ2n) is 5.40. The molecule has 1 aromatic rings. The van der Waals surface area contributed by atoms with Crippen molar-refractivity contribution in [2.75, 3.05) is 12.8 Å². The van der Waals surface area contributed by atoms with Gasteiger partial charge in [-0.2, -0.15) is 11.8 Å². The Morgan fingerprint density at radius 1 is 1.45 bits per heavy atom. The predicted molar refractivity (Wildman–Crippen MR) is 84.1 cm³/mol. The van der Waals surface area contributed by atoms with Crippen LogP contribution in [0.25, 0.3) is 0 Å². The molecule has 0 aliphatic heterocycles. The van der Waals surface area contributed by atoms with Crippen LogP contribution in [-0.4, -0.2) is 40.0 Å². The molecule has 1 N–H and O–H groups in total. The molecule has 0 heterocycles. The molecule has 3 nitrogen and oxygen atoms in total. The lowest BCUT2D eigenvalue weighted by Crippen LogP contribution is -2.36. The number of likely N-dealkylation sites (N-methyl/N-ethyl adjacent to an activating group) is 1. The maximum atomic E-state index is 12.3. The molecule has 1 saturated carbocycles. The quantitative estimate of drug-likeness (QED) is 0.907. The first-order valence-corrected chi connectivity index (χ1v) is 8.30. The Bertz CT molecular complexity index is 464. The van der Waals surface area contributed by atoms with E-state index in [0.29, 0.717) is 17.7 Å². The van der Waals surface area contributed by atoms with E-state index in [0.717, 1.165) is 24.2 Å². The van der Waals surface area contributed by atoms with E-state index in [1.165, 1.54) is 6.42 Å². The minimum atomic E-state index is 0.141. The Hall–Kier alpha value is -1.16. The molecule has 1 amide bonds. The lowest BCUT2D eigenvalue weighted by Gasteiger charge is -2.25. The Morgan fingerprint density at radius 3 is 2.95 bits per heavy atom. The van der Waals surface area contributed by atoms with E-state index in [1.807, 2.05) is 29.8 Å². The highest BCUT2D eigenvalue weighted by Crippen LogP contribution is 2.32. The van der Waals surface area contributed by atoms with Crippen molar-refractivity contribution in [2.24, 2.45) is 0 Å². The van der Waals surface area contributed by atoms with E-state index >= 15 is 0 Å². The van der Waals surface area contributed by atoms with Gasteiger partial charge in [0.1, 0.15) is 5.75 Å². The molecule has 0 radical (unpaired) electrons.